The molecule has 102 valence electrons. The molecule has 3 rings (SSSR count). The number of nitrogens with zero attached hydrogens (tertiary/aromatic N) is 2. The highest BCUT2D eigenvalue weighted by Crippen LogP contribution is 2.29. The van der Waals surface area contributed by atoms with E-state index in [1.165, 1.54) is 23.5 Å². The first-order chi connectivity index (χ1) is 9.65. The molecular weight excluding hydrogens is 299 g/mol. The van der Waals surface area contributed by atoms with Gasteiger partial charge in [-0.05, 0) is 23.6 Å². The molecule has 0 fully saturated rings. The van der Waals surface area contributed by atoms with Crippen LogP contribution in [-0.2, 0) is 4.79 Å². The summed E-state index contributed by atoms with van der Waals surface area (Å²) in [6.07, 6.45) is 0. The average molecular weight is 308 g/mol. The Morgan fingerprint density at radius 2 is 2.30 bits per heavy atom. The first-order valence-electron chi connectivity index (χ1n) is 5.70. The summed E-state index contributed by atoms with van der Waals surface area (Å²) >= 11 is 2.64. The molecule has 4 nitrogen and oxygen atoms in total. The third-order valence-corrected chi connectivity index (χ3v) is 4.27. The zero-order chi connectivity index (χ0) is 14.1. The van der Waals surface area contributed by atoms with E-state index in [0.29, 0.717) is 16.2 Å². The zero-order valence-electron chi connectivity index (χ0n) is 10.1. The first kappa shape index (κ1) is 13.1. The summed E-state index contributed by atoms with van der Waals surface area (Å²) in [5, 5.41) is 13.2. The molecule has 7 heteroatoms. The predicted octanol–water partition coefficient (Wildman–Crippen LogP) is 3.40. The normalized spacial score (nSPS) is 11.1. The number of aromatic nitrogens is 2. The molecule has 0 bridgehead atoms. The van der Waals surface area contributed by atoms with Crippen LogP contribution in [0.5, 0.6) is 0 Å². The van der Waals surface area contributed by atoms with E-state index in [1.54, 1.807) is 10.6 Å². The SMILES string of the molecule is O=C(O)CSc1nc2ccc(F)cc2n1-c1ccsc1. The third kappa shape index (κ3) is 2.41. The Morgan fingerprint density at radius 1 is 1.45 bits per heavy atom. The number of carboxylic acids is 1. The number of carbonyl (C=O) groups is 1. The molecule has 0 spiro atoms. The van der Waals surface area contributed by atoms with E-state index in [2.05, 4.69) is 4.98 Å². The minimum absolute atomic E-state index is 0.0874. The number of hydrogen-bond acceptors (Lipinski definition) is 4. The van der Waals surface area contributed by atoms with E-state index in [1.807, 2.05) is 16.8 Å². The van der Waals surface area contributed by atoms with Crippen LogP contribution in [0.3, 0.4) is 0 Å². The molecule has 1 N–H and O–H groups in total. The molecule has 0 saturated heterocycles. The Bertz CT molecular complexity index is 768. The molecule has 3 aromatic rings. The number of carboxylic acid groups (broad SMARTS) is 1. The van der Waals surface area contributed by atoms with Gasteiger partial charge in [-0.15, -0.1) is 0 Å². The molecule has 1 aromatic carbocycles. The van der Waals surface area contributed by atoms with E-state index in [4.69, 9.17) is 5.11 Å². The molecular formula is C13H9FN2O2S2. The average Bonchev–Trinajstić information content (AvgIpc) is 3.02. The molecule has 0 atom stereocenters. The van der Waals surface area contributed by atoms with Gasteiger partial charge in [0.05, 0.1) is 22.5 Å². The summed E-state index contributed by atoms with van der Waals surface area (Å²) in [5.74, 6) is -1.34. The number of thioether (sulfide) groups is 1. The number of imidazole rings is 1. The standard InChI is InChI=1S/C13H9FN2O2S2/c14-8-1-2-10-11(5-8)16(9-3-4-19-6-9)13(15-10)20-7-12(17)18/h1-6H,7H2,(H,17,18). The van der Waals surface area contributed by atoms with Crippen molar-refractivity contribution >= 4 is 40.1 Å². The molecule has 2 aromatic heterocycles. The van der Waals surface area contributed by atoms with Crippen LogP contribution in [0, 0.1) is 5.82 Å². The maximum absolute atomic E-state index is 13.4. The van der Waals surface area contributed by atoms with Crippen molar-refractivity contribution in [2.75, 3.05) is 5.75 Å². The molecule has 0 saturated carbocycles. The number of halogens is 1. The summed E-state index contributed by atoms with van der Waals surface area (Å²) in [6, 6.07) is 6.24. The van der Waals surface area contributed by atoms with Crippen molar-refractivity contribution in [3.05, 3.63) is 40.8 Å². The van der Waals surface area contributed by atoms with Crippen LogP contribution >= 0.6 is 23.1 Å². The largest absolute Gasteiger partial charge is 0.481 e. The zero-order valence-corrected chi connectivity index (χ0v) is 11.7. The lowest BCUT2D eigenvalue weighted by Crippen LogP contribution is -2.01. The van der Waals surface area contributed by atoms with Gasteiger partial charge in [-0.25, -0.2) is 9.37 Å². The number of rotatable bonds is 4. The fourth-order valence-corrected chi connectivity index (χ4v) is 3.25. The number of thiophene rings is 1. The van der Waals surface area contributed by atoms with Gasteiger partial charge in [-0.1, -0.05) is 11.8 Å². The van der Waals surface area contributed by atoms with E-state index in [-0.39, 0.29) is 11.6 Å². The van der Waals surface area contributed by atoms with Crippen molar-refractivity contribution in [3.63, 3.8) is 0 Å². The van der Waals surface area contributed by atoms with Gasteiger partial charge in [-0.2, -0.15) is 11.3 Å². The van der Waals surface area contributed by atoms with E-state index >= 15 is 0 Å². The number of fused-ring (bicyclic) bond motifs is 1. The Kier molecular flexibility index (Phi) is 3.45. The maximum Gasteiger partial charge on any atom is 0.313 e. The molecule has 2 heterocycles. The van der Waals surface area contributed by atoms with Gasteiger partial charge in [-0.3, -0.25) is 9.36 Å². The second-order valence-electron chi connectivity index (χ2n) is 4.03. The number of hydrogen-bond donors (Lipinski definition) is 1. The lowest BCUT2D eigenvalue weighted by Gasteiger charge is -2.05. The van der Waals surface area contributed by atoms with Gasteiger partial charge >= 0.3 is 5.97 Å². The summed E-state index contributed by atoms with van der Waals surface area (Å²) in [5.41, 5.74) is 2.14. The van der Waals surface area contributed by atoms with Crippen molar-refractivity contribution < 1.29 is 14.3 Å². The van der Waals surface area contributed by atoms with Crippen LogP contribution in [0.1, 0.15) is 0 Å². The smallest absolute Gasteiger partial charge is 0.313 e. The van der Waals surface area contributed by atoms with Crippen LogP contribution in [-0.4, -0.2) is 26.4 Å². The topological polar surface area (TPSA) is 55.1 Å². The predicted molar refractivity (Wildman–Crippen MR) is 77.3 cm³/mol. The lowest BCUT2D eigenvalue weighted by atomic mass is 10.3. The highest BCUT2D eigenvalue weighted by atomic mass is 32.2. The number of benzene rings is 1. The van der Waals surface area contributed by atoms with Gasteiger partial charge in [0, 0.05) is 11.4 Å². The van der Waals surface area contributed by atoms with Gasteiger partial charge in [0.15, 0.2) is 5.16 Å². The van der Waals surface area contributed by atoms with Crippen molar-refractivity contribution in [2.45, 2.75) is 5.16 Å². The van der Waals surface area contributed by atoms with Crippen LogP contribution in [0.2, 0.25) is 0 Å². The molecule has 0 aliphatic rings. The summed E-state index contributed by atoms with van der Waals surface area (Å²) in [7, 11) is 0. The molecule has 0 aliphatic heterocycles. The van der Waals surface area contributed by atoms with Crippen molar-refractivity contribution in [1.29, 1.82) is 0 Å². The van der Waals surface area contributed by atoms with Crippen LogP contribution in [0.4, 0.5) is 4.39 Å². The van der Waals surface area contributed by atoms with Crippen molar-refractivity contribution in [3.8, 4) is 5.69 Å². The van der Waals surface area contributed by atoms with Crippen molar-refractivity contribution in [2.24, 2.45) is 0 Å². The van der Waals surface area contributed by atoms with E-state index < -0.39 is 5.97 Å². The minimum Gasteiger partial charge on any atom is -0.481 e. The Balaban J connectivity index is 2.17. The Morgan fingerprint density at radius 3 is 3.00 bits per heavy atom. The number of aliphatic carboxylic acids is 1. The van der Waals surface area contributed by atoms with E-state index in [0.717, 1.165) is 17.4 Å². The van der Waals surface area contributed by atoms with Gasteiger partial charge in [0.1, 0.15) is 5.82 Å². The molecule has 0 amide bonds. The van der Waals surface area contributed by atoms with Crippen molar-refractivity contribution in [1.82, 2.24) is 9.55 Å². The van der Waals surface area contributed by atoms with Gasteiger partial charge < -0.3 is 5.11 Å². The van der Waals surface area contributed by atoms with Gasteiger partial charge in [0.25, 0.3) is 0 Å². The second-order valence-corrected chi connectivity index (χ2v) is 5.75. The Labute approximate surface area is 121 Å². The molecule has 0 radical (unpaired) electrons. The van der Waals surface area contributed by atoms with Crippen LogP contribution in [0.25, 0.3) is 16.7 Å². The fraction of sp³-hybridized carbons (Fsp3) is 0.0769. The summed E-state index contributed by atoms with van der Waals surface area (Å²) < 4.78 is 15.2. The highest BCUT2D eigenvalue weighted by Gasteiger charge is 2.15. The summed E-state index contributed by atoms with van der Waals surface area (Å²) in [4.78, 5) is 15.1. The highest BCUT2D eigenvalue weighted by molar-refractivity contribution is 7.99. The lowest BCUT2D eigenvalue weighted by molar-refractivity contribution is -0.133. The fourth-order valence-electron chi connectivity index (χ4n) is 1.88. The monoisotopic (exact) mass is 308 g/mol. The second kappa shape index (κ2) is 5.26. The van der Waals surface area contributed by atoms with Gasteiger partial charge in [0.2, 0.25) is 0 Å². The summed E-state index contributed by atoms with van der Waals surface area (Å²) in [6.45, 7) is 0. The molecule has 0 unspecified atom stereocenters. The van der Waals surface area contributed by atoms with E-state index in [9.17, 15) is 9.18 Å². The minimum atomic E-state index is -0.912. The Hall–Kier alpha value is -1.86. The van der Waals surface area contributed by atoms with Crippen LogP contribution in [0.15, 0.2) is 40.2 Å². The van der Waals surface area contributed by atoms with Crippen LogP contribution < -0.4 is 0 Å². The molecule has 20 heavy (non-hydrogen) atoms. The quantitative estimate of drug-likeness (QED) is 0.751. The maximum atomic E-state index is 13.4. The molecule has 0 aliphatic carbocycles. The third-order valence-electron chi connectivity index (χ3n) is 2.67. The first-order valence-corrected chi connectivity index (χ1v) is 7.63.